The van der Waals surface area contributed by atoms with Gasteiger partial charge in [-0.25, -0.2) is 0 Å². The minimum Gasteiger partial charge on any atom is -0.317 e. The molecule has 7 aromatic carbocycles. The fraction of sp³-hybridized carbons (Fsp3) is 0.289. The third-order valence-electron chi connectivity index (χ3n) is 17.1. The highest BCUT2D eigenvalue weighted by Gasteiger charge is 2.44. The summed E-state index contributed by atoms with van der Waals surface area (Å²) in [5.74, 6) is 0. The average Bonchev–Trinajstić information content (AvgIpc) is 4.10. The molecule has 0 saturated heterocycles. The van der Waals surface area contributed by atoms with Gasteiger partial charge in [0.1, 0.15) is 0 Å². The predicted molar refractivity (Wildman–Crippen MR) is 341 cm³/mol. The van der Waals surface area contributed by atoms with Crippen molar-refractivity contribution < 1.29 is 0 Å². The third-order valence-corrected chi connectivity index (χ3v) is 17.1. The van der Waals surface area contributed by atoms with Crippen LogP contribution in [0.5, 0.6) is 0 Å². The molecule has 0 saturated carbocycles. The molecule has 78 heavy (non-hydrogen) atoms. The van der Waals surface area contributed by atoms with Crippen molar-refractivity contribution in [2.24, 2.45) is 0 Å². The Morgan fingerprint density at radius 2 is 0.679 bits per heavy atom. The van der Waals surface area contributed by atoms with E-state index in [1.165, 1.54) is 141 Å². The molecule has 0 unspecified atom stereocenters. The lowest BCUT2D eigenvalue weighted by Crippen LogP contribution is -2.26. The van der Waals surface area contributed by atoms with Crippen LogP contribution >= 0.6 is 0 Å². The SMILES string of the molecule is C=C/C(C)=C\C=C\N(c1ccc(C)cc1)c1ccc2c(c1)C(CCCC)(CCCC)c1cc(-c3ccc(-c4ccc5c(c4)C(CCCC)(CCCC)c4cc(N(/C=C/C=C(/C)C=C)c6ccc(C)cc6)ccc4-5)cc3)ccc1-2. The Bertz CT molecular complexity index is 3110. The lowest BCUT2D eigenvalue weighted by Gasteiger charge is -2.34. The van der Waals surface area contributed by atoms with Crippen LogP contribution in [0.1, 0.15) is 152 Å². The van der Waals surface area contributed by atoms with Crippen LogP contribution in [0.15, 0.2) is 219 Å². The summed E-state index contributed by atoms with van der Waals surface area (Å²) >= 11 is 0. The van der Waals surface area contributed by atoms with Crippen molar-refractivity contribution in [3.05, 3.63) is 252 Å². The van der Waals surface area contributed by atoms with Crippen LogP contribution in [-0.2, 0) is 10.8 Å². The normalized spacial score (nSPS) is 14.1. The zero-order valence-electron chi connectivity index (χ0n) is 48.3. The number of hydrogen-bond acceptors (Lipinski definition) is 2. The molecular weight excluding hydrogens is 941 g/mol. The van der Waals surface area contributed by atoms with E-state index in [1.807, 2.05) is 12.2 Å². The van der Waals surface area contributed by atoms with Gasteiger partial charge >= 0.3 is 0 Å². The van der Waals surface area contributed by atoms with E-state index in [4.69, 9.17) is 0 Å². The van der Waals surface area contributed by atoms with E-state index in [2.05, 4.69) is 261 Å². The molecule has 0 aliphatic heterocycles. The molecule has 2 aliphatic carbocycles. The number of allylic oxidation sites excluding steroid dienone is 8. The molecule has 0 bridgehead atoms. The first-order chi connectivity index (χ1) is 38.0. The molecule has 0 N–H and O–H groups in total. The van der Waals surface area contributed by atoms with Crippen molar-refractivity contribution in [3.63, 3.8) is 0 Å². The quantitative estimate of drug-likeness (QED) is 0.0557. The highest BCUT2D eigenvalue weighted by Crippen LogP contribution is 2.58. The lowest BCUT2D eigenvalue weighted by atomic mass is 9.70. The zero-order valence-corrected chi connectivity index (χ0v) is 48.3. The zero-order chi connectivity index (χ0) is 54.8. The van der Waals surface area contributed by atoms with Gasteiger partial charge < -0.3 is 9.80 Å². The topological polar surface area (TPSA) is 6.48 Å². The van der Waals surface area contributed by atoms with Crippen molar-refractivity contribution in [3.8, 4) is 44.5 Å². The van der Waals surface area contributed by atoms with E-state index in [-0.39, 0.29) is 10.8 Å². The first-order valence-electron chi connectivity index (χ1n) is 29.4. The minimum atomic E-state index is -0.0764. The maximum atomic E-state index is 3.99. The lowest BCUT2D eigenvalue weighted by molar-refractivity contribution is 0.414. The van der Waals surface area contributed by atoms with Gasteiger partial charge in [-0.2, -0.15) is 0 Å². The standard InChI is InChI=1S/C76H84N2/c1-11-17-45-75(46-18-12-2)71-51-61(33-41-67(71)69-43-39-65(53-73(69)75)77(49-21-23-55(7)15-5)63-35-25-57(9)26-36-63)59-29-31-60(32-30-59)62-34-42-68-70-44-40-66(54-74(70)76(47-19-13-3,48-20-14-4)72(68)52-62)78(50-22-24-56(8)16-6)64-37-27-58(10)28-38-64/h15-16,21-44,49-54H,5-6,11-14,17-20,45-48H2,1-4,7-10H3/b49-21+,50-22+,55-23-,56-24-. The fourth-order valence-corrected chi connectivity index (χ4v) is 12.5. The van der Waals surface area contributed by atoms with Crippen LogP contribution in [0.25, 0.3) is 44.5 Å². The summed E-state index contributed by atoms with van der Waals surface area (Å²) in [6, 6.07) is 56.6. The molecule has 0 aromatic heterocycles. The van der Waals surface area contributed by atoms with Crippen molar-refractivity contribution in [2.75, 3.05) is 9.80 Å². The van der Waals surface area contributed by atoms with E-state index in [9.17, 15) is 0 Å². The van der Waals surface area contributed by atoms with Crippen molar-refractivity contribution >= 4 is 22.7 Å². The summed E-state index contributed by atoms with van der Waals surface area (Å²) in [6.45, 7) is 25.9. The Morgan fingerprint density at radius 3 is 1.00 bits per heavy atom. The summed E-state index contributed by atoms with van der Waals surface area (Å²) in [6.07, 6.45) is 30.7. The van der Waals surface area contributed by atoms with E-state index in [0.717, 1.165) is 48.2 Å². The van der Waals surface area contributed by atoms with Gasteiger partial charge in [-0.15, -0.1) is 0 Å². The molecule has 0 spiro atoms. The van der Waals surface area contributed by atoms with Crippen LogP contribution < -0.4 is 9.80 Å². The van der Waals surface area contributed by atoms with E-state index in [0.29, 0.717) is 0 Å². The number of nitrogens with zero attached hydrogens (tertiary/aromatic N) is 2. The summed E-state index contributed by atoms with van der Waals surface area (Å²) in [5.41, 5.74) is 25.9. The fourth-order valence-electron chi connectivity index (χ4n) is 12.5. The summed E-state index contributed by atoms with van der Waals surface area (Å²) in [5, 5.41) is 0. The summed E-state index contributed by atoms with van der Waals surface area (Å²) in [7, 11) is 0. The smallest absolute Gasteiger partial charge is 0.0458 e. The van der Waals surface area contributed by atoms with Crippen LogP contribution in [0, 0.1) is 13.8 Å². The Labute approximate surface area is 470 Å². The van der Waals surface area contributed by atoms with Gasteiger partial charge in [0.15, 0.2) is 0 Å². The van der Waals surface area contributed by atoms with Gasteiger partial charge in [-0.1, -0.05) is 224 Å². The molecule has 0 radical (unpaired) electrons. The highest BCUT2D eigenvalue weighted by molar-refractivity contribution is 5.88. The van der Waals surface area contributed by atoms with E-state index < -0.39 is 0 Å². The monoisotopic (exact) mass is 1020 g/mol. The number of hydrogen-bond donors (Lipinski definition) is 0. The molecule has 0 amide bonds. The van der Waals surface area contributed by atoms with Gasteiger partial charge in [0.2, 0.25) is 0 Å². The Balaban J connectivity index is 1.08. The Hall–Kier alpha value is -7.42. The molecule has 2 aliphatic rings. The van der Waals surface area contributed by atoms with Crippen molar-refractivity contribution in [1.82, 2.24) is 0 Å². The summed E-state index contributed by atoms with van der Waals surface area (Å²) in [4.78, 5) is 4.70. The maximum Gasteiger partial charge on any atom is 0.0458 e. The molecule has 9 rings (SSSR count). The van der Waals surface area contributed by atoms with Crippen LogP contribution in [-0.4, -0.2) is 0 Å². The summed E-state index contributed by atoms with van der Waals surface area (Å²) < 4.78 is 0. The second-order valence-electron chi connectivity index (χ2n) is 22.5. The van der Waals surface area contributed by atoms with Gasteiger partial charge in [-0.3, -0.25) is 0 Å². The first kappa shape index (κ1) is 55.3. The molecule has 0 heterocycles. The molecule has 398 valence electrons. The van der Waals surface area contributed by atoms with E-state index >= 15 is 0 Å². The van der Waals surface area contributed by atoms with Crippen LogP contribution in [0.3, 0.4) is 0 Å². The van der Waals surface area contributed by atoms with Gasteiger partial charge in [0, 0.05) is 46.0 Å². The minimum absolute atomic E-state index is 0.0764. The highest BCUT2D eigenvalue weighted by atomic mass is 15.1. The van der Waals surface area contributed by atoms with Gasteiger partial charge in [0.05, 0.1) is 0 Å². The molecule has 7 aromatic rings. The third kappa shape index (κ3) is 11.3. The number of aryl methyl sites for hydroxylation is 2. The average molecular weight is 1030 g/mol. The van der Waals surface area contributed by atoms with Gasteiger partial charge in [0.25, 0.3) is 0 Å². The maximum absolute atomic E-state index is 3.99. The predicted octanol–water partition coefficient (Wildman–Crippen LogP) is 22.5. The van der Waals surface area contributed by atoms with Gasteiger partial charge in [-0.05, 0) is 193 Å². The molecule has 2 heteroatoms. The first-order valence-corrected chi connectivity index (χ1v) is 29.4. The largest absolute Gasteiger partial charge is 0.317 e. The van der Waals surface area contributed by atoms with Crippen LogP contribution in [0.2, 0.25) is 0 Å². The molecule has 0 atom stereocenters. The van der Waals surface area contributed by atoms with Crippen molar-refractivity contribution in [2.45, 2.75) is 143 Å². The number of anilines is 4. The second-order valence-corrected chi connectivity index (χ2v) is 22.5. The molecule has 2 nitrogen and oxygen atoms in total. The van der Waals surface area contributed by atoms with Crippen LogP contribution in [0.4, 0.5) is 22.7 Å². The Kier molecular flexibility index (Phi) is 17.7. The number of rotatable bonds is 24. The number of benzene rings is 7. The second kappa shape index (κ2) is 24.9. The van der Waals surface area contributed by atoms with Crippen molar-refractivity contribution in [1.29, 1.82) is 0 Å². The van der Waals surface area contributed by atoms with E-state index in [1.54, 1.807) is 0 Å². The number of fused-ring (bicyclic) bond motifs is 6. The Morgan fingerprint density at radius 1 is 0.385 bits per heavy atom. The molecular formula is C76H84N2. The number of unbranched alkanes of at least 4 members (excludes halogenated alkanes) is 4. The molecule has 0 fully saturated rings.